The first-order chi connectivity index (χ1) is 5.35. The van der Waals surface area contributed by atoms with Crippen LogP contribution in [0.2, 0.25) is 0 Å². The van der Waals surface area contributed by atoms with E-state index in [-0.39, 0.29) is 0 Å². The van der Waals surface area contributed by atoms with Crippen LogP contribution >= 0.6 is 23.9 Å². The van der Waals surface area contributed by atoms with Gasteiger partial charge in [0.2, 0.25) is 6.41 Å². The summed E-state index contributed by atoms with van der Waals surface area (Å²) in [7, 11) is 0. The van der Waals surface area contributed by atoms with E-state index < -0.39 is 0 Å². The number of hydrogen-bond donors (Lipinski definition) is 0. The first kappa shape index (κ1) is 10.7. The Morgan fingerprint density at radius 1 is 1.18 bits per heavy atom. The van der Waals surface area contributed by atoms with Crippen molar-refractivity contribution in [2.75, 3.05) is 11.5 Å². The van der Waals surface area contributed by atoms with Crippen molar-refractivity contribution < 1.29 is 4.79 Å². The van der Waals surface area contributed by atoms with Gasteiger partial charge in [-0.2, -0.15) is 0 Å². The molecule has 0 aromatic carbocycles. The van der Waals surface area contributed by atoms with Gasteiger partial charge >= 0.3 is 0 Å². The number of nitrogens with zero attached hydrogens (tertiary/aromatic N) is 1. The van der Waals surface area contributed by atoms with Crippen molar-refractivity contribution in [3.05, 3.63) is 25.3 Å². The minimum absolute atomic E-state index is 0.753. The molecular formula is C7H11NOS2. The van der Waals surface area contributed by atoms with Gasteiger partial charge in [-0.1, -0.05) is 12.2 Å². The molecule has 0 spiro atoms. The highest BCUT2D eigenvalue weighted by Crippen LogP contribution is 2.18. The predicted octanol–water partition coefficient (Wildman–Crippen LogP) is 2.11. The van der Waals surface area contributed by atoms with Crippen LogP contribution < -0.4 is 0 Å². The van der Waals surface area contributed by atoms with E-state index >= 15 is 0 Å². The van der Waals surface area contributed by atoms with Gasteiger partial charge in [-0.25, -0.2) is 3.71 Å². The van der Waals surface area contributed by atoms with Crippen molar-refractivity contribution in [1.29, 1.82) is 0 Å². The largest absolute Gasteiger partial charge is 0.277 e. The zero-order valence-electron chi connectivity index (χ0n) is 6.23. The Bertz CT molecular complexity index is 126. The van der Waals surface area contributed by atoms with Gasteiger partial charge in [0.15, 0.2) is 0 Å². The third-order valence-electron chi connectivity index (χ3n) is 0.725. The SMILES string of the molecule is C=CCSN(C=O)SCC=C. The lowest BCUT2D eigenvalue weighted by Crippen LogP contribution is -2.03. The summed E-state index contributed by atoms with van der Waals surface area (Å²) in [5, 5.41) is 0. The summed E-state index contributed by atoms with van der Waals surface area (Å²) in [6, 6.07) is 0. The van der Waals surface area contributed by atoms with Crippen molar-refractivity contribution in [3.8, 4) is 0 Å². The summed E-state index contributed by atoms with van der Waals surface area (Å²) in [5.41, 5.74) is 0. The van der Waals surface area contributed by atoms with E-state index in [1.54, 1.807) is 15.9 Å². The normalized spacial score (nSPS) is 8.73. The van der Waals surface area contributed by atoms with Gasteiger partial charge in [0.1, 0.15) is 0 Å². The number of carbonyl (C=O) groups excluding carboxylic acids is 1. The third kappa shape index (κ3) is 6.06. The lowest BCUT2D eigenvalue weighted by molar-refractivity contribution is -0.110. The number of amides is 1. The van der Waals surface area contributed by atoms with Crippen LogP contribution in [0.5, 0.6) is 0 Å². The summed E-state index contributed by atoms with van der Waals surface area (Å²) in [6.07, 6.45) is 4.31. The first-order valence-corrected chi connectivity index (χ1v) is 4.95. The smallest absolute Gasteiger partial charge is 0.229 e. The minimum atomic E-state index is 0.753. The molecule has 0 aliphatic rings. The molecule has 0 atom stereocenters. The van der Waals surface area contributed by atoms with Crippen LogP contribution in [0.4, 0.5) is 0 Å². The van der Waals surface area contributed by atoms with Crippen LogP contribution in [-0.2, 0) is 4.79 Å². The monoisotopic (exact) mass is 189 g/mol. The number of rotatable bonds is 7. The second kappa shape index (κ2) is 7.75. The summed E-state index contributed by atoms with van der Waals surface area (Å²) in [5.74, 6) is 1.51. The first-order valence-electron chi connectivity index (χ1n) is 3.07. The van der Waals surface area contributed by atoms with Gasteiger partial charge in [0, 0.05) is 11.5 Å². The van der Waals surface area contributed by atoms with E-state index in [0.717, 1.165) is 17.9 Å². The molecule has 0 fully saturated rings. The summed E-state index contributed by atoms with van der Waals surface area (Å²) < 4.78 is 1.56. The van der Waals surface area contributed by atoms with Crippen LogP contribution in [0.25, 0.3) is 0 Å². The maximum atomic E-state index is 10.3. The van der Waals surface area contributed by atoms with Crippen LogP contribution in [0.1, 0.15) is 0 Å². The molecule has 62 valence electrons. The highest BCUT2D eigenvalue weighted by Gasteiger charge is 1.98. The second-order valence-corrected chi connectivity index (χ2v) is 3.76. The molecule has 0 aromatic heterocycles. The van der Waals surface area contributed by atoms with Gasteiger partial charge < -0.3 is 0 Å². The van der Waals surface area contributed by atoms with Gasteiger partial charge in [0.25, 0.3) is 0 Å². The lowest BCUT2D eigenvalue weighted by Gasteiger charge is -2.10. The van der Waals surface area contributed by atoms with Crippen molar-refractivity contribution in [2.24, 2.45) is 0 Å². The fourth-order valence-electron chi connectivity index (χ4n) is 0.350. The van der Waals surface area contributed by atoms with E-state index in [2.05, 4.69) is 13.2 Å². The lowest BCUT2D eigenvalue weighted by atomic mass is 10.8. The van der Waals surface area contributed by atoms with Crippen LogP contribution in [-0.4, -0.2) is 21.6 Å². The van der Waals surface area contributed by atoms with Crippen LogP contribution in [0, 0.1) is 0 Å². The van der Waals surface area contributed by atoms with E-state index in [4.69, 9.17) is 0 Å². The zero-order chi connectivity index (χ0) is 8.53. The van der Waals surface area contributed by atoms with Crippen molar-refractivity contribution in [2.45, 2.75) is 0 Å². The Morgan fingerprint density at radius 3 is 1.91 bits per heavy atom. The highest BCUT2D eigenvalue weighted by atomic mass is 32.2. The highest BCUT2D eigenvalue weighted by molar-refractivity contribution is 8.12. The predicted molar refractivity (Wildman–Crippen MR) is 53.2 cm³/mol. The van der Waals surface area contributed by atoms with Crippen LogP contribution in [0.15, 0.2) is 25.3 Å². The average Bonchev–Trinajstić information content (AvgIpc) is 2.05. The van der Waals surface area contributed by atoms with Crippen molar-refractivity contribution >= 4 is 30.3 Å². The maximum Gasteiger partial charge on any atom is 0.229 e. The van der Waals surface area contributed by atoms with E-state index in [0.29, 0.717) is 0 Å². The summed E-state index contributed by atoms with van der Waals surface area (Å²) in [6.45, 7) is 7.11. The third-order valence-corrected chi connectivity index (χ3v) is 2.81. The van der Waals surface area contributed by atoms with Gasteiger partial charge in [-0.15, -0.1) is 13.2 Å². The Labute approximate surface area is 76.0 Å². The second-order valence-electron chi connectivity index (χ2n) is 1.56. The van der Waals surface area contributed by atoms with Crippen molar-refractivity contribution in [3.63, 3.8) is 0 Å². The quantitative estimate of drug-likeness (QED) is 0.347. The van der Waals surface area contributed by atoms with E-state index in [9.17, 15) is 4.79 Å². The topological polar surface area (TPSA) is 20.3 Å². The average molecular weight is 189 g/mol. The minimum Gasteiger partial charge on any atom is -0.277 e. The molecule has 4 heteroatoms. The molecule has 11 heavy (non-hydrogen) atoms. The Morgan fingerprint density at radius 2 is 1.64 bits per heavy atom. The molecule has 0 radical (unpaired) electrons. The Kier molecular flexibility index (Phi) is 7.51. The summed E-state index contributed by atoms with van der Waals surface area (Å²) in [4.78, 5) is 10.3. The molecule has 0 saturated heterocycles. The molecule has 0 aliphatic heterocycles. The molecule has 0 heterocycles. The molecule has 0 N–H and O–H groups in total. The number of hydrogen-bond acceptors (Lipinski definition) is 3. The molecule has 2 nitrogen and oxygen atoms in total. The Balaban J connectivity index is 3.47. The molecule has 1 amide bonds. The van der Waals surface area contributed by atoms with Gasteiger partial charge in [-0.05, 0) is 23.9 Å². The standard InChI is InChI=1S/C7H11NOS2/c1-3-5-10-8(7-9)11-6-4-2/h3-4,7H,1-2,5-6H2. The van der Waals surface area contributed by atoms with Crippen LogP contribution in [0.3, 0.4) is 0 Å². The molecule has 0 unspecified atom stereocenters. The number of carbonyl (C=O) groups is 1. The van der Waals surface area contributed by atoms with E-state index in [1.165, 1.54) is 23.9 Å². The molecule has 0 aliphatic carbocycles. The maximum absolute atomic E-state index is 10.3. The molecule has 0 bridgehead atoms. The summed E-state index contributed by atoms with van der Waals surface area (Å²) >= 11 is 2.85. The van der Waals surface area contributed by atoms with Crippen molar-refractivity contribution in [1.82, 2.24) is 3.71 Å². The Hall–Kier alpha value is -0.350. The molecular weight excluding hydrogens is 178 g/mol. The van der Waals surface area contributed by atoms with Gasteiger partial charge in [0.05, 0.1) is 0 Å². The fourth-order valence-corrected chi connectivity index (χ4v) is 1.64. The van der Waals surface area contributed by atoms with E-state index in [1.807, 2.05) is 0 Å². The fraction of sp³-hybridized carbons (Fsp3) is 0.286. The zero-order valence-corrected chi connectivity index (χ0v) is 7.87. The molecule has 0 aromatic rings. The van der Waals surface area contributed by atoms with Gasteiger partial charge in [-0.3, -0.25) is 4.79 Å². The molecule has 0 saturated carbocycles. The molecule has 0 rings (SSSR count).